The van der Waals surface area contributed by atoms with Crippen molar-refractivity contribution in [3.8, 4) is 5.75 Å². The number of phenols is 1. The van der Waals surface area contributed by atoms with E-state index in [2.05, 4.69) is 21.5 Å². The third-order valence-corrected chi connectivity index (χ3v) is 4.01. The number of amidine groups is 1. The van der Waals surface area contributed by atoms with Gasteiger partial charge in [-0.3, -0.25) is 4.99 Å². The predicted octanol–water partition coefficient (Wildman–Crippen LogP) is 1.59. The lowest BCUT2D eigenvalue weighted by Gasteiger charge is -2.30. The van der Waals surface area contributed by atoms with Crippen molar-refractivity contribution in [3.05, 3.63) is 29.5 Å². The van der Waals surface area contributed by atoms with Crippen LogP contribution in [0.1, 0.15) is 11.3 Å². The lowest BCUT2D eigenvalue weighted by molar-refractivity contribution is 0.475. The van der Waals surface area contributed by atoms with Crippen molar-refractivity contribution in [1.82, 2.24) is 9.47 Å². The maximum absolute atomic E-state index is 9.70. The summed E-state index contributed by atoms with van der Waals surface area (Å²) in [5, 5.41) is 10.9. The topological polar surface area (TPSA) is 40.8 Å². The molecule has 18 heavy (non-hydrogen) atoms. The van der Waals surface area contributed by atoms with E-state index in [1.165, 1.54) is 22.2 Å². The Morgan fingerprint density at radius 1 is 1.28 bits per heavy atom. The largest absolute Gasteiger partial charge is 0.508 e. The number of fused-ring (bicyclic) bond motifs is 3. The lowest BCUT2D eigenvalue weighted by Crippen LogP contribution is -2.38. The Balaban J connectivity index is 2.13. The van der Waals surface area contributed by atoms with E-state index in [9.17, 15) is 5.11 Å². The maximum Gasteiger partial charge on any atom is 0.148 e. The first-order valence-corrected chi connectivity index (χ1v) is 6.36. The van der Waals surface area contributed by atoms with Gasteiger partial charge in [-0.15, -0.1) is 0 Å². The molecule has 0 bridgehead atoms. The van der Waals surface area contributed by atoms with Gasteiger partial charge in [0.05, 0.1) is 12.2 Å². The number of aromatic hydroxyl groups is 1. The Kier molecular flexibility index (Phi) is 1.82. The molecule has 0 fully saturated rings. The third-order valence-electron chi connectivity index (χ3n) is 4.01. The molecule has 0 atom stereocenters. The summed E-state index contributed by atoms with van der Waals surface area (Å²) in [5.74, 6) is 1.46. The van der Waals surface area contributed by atoms with Crippen LogP contribution < -0.4 is 0 Å². The van der Waals surface area contributed by atoms with E-state index in [1.54, 1.807) is 6.07 Å². The Bertz CT molecular complexity index is 684. The summed E-state index contributed by atoms with van der Waals surface area (Å²) >= 11 is 0. The number of benzene rings is 1. The number of hydrogen-bond acceptors (Lipinski definition) is 3. The van der Waals surface area contributed by atoms with Crippen LogP contribution in [0.2, 0.25) is 0 Å². The van der Waals surface area contributed by atoms with Crippen LogP contribution in [-0.2, 0) is 13.0 Å². The maximum atomic E-state index is 9.70. The smallest absolute Gasteiger partial charge is 0.148 e. The van der Waals surface area contributed by atoms with Crippen molar-refractivity contribution in [1.29, 1.82) is 0 Å². The van der Waals surface area contributed by atoms with Gasteiger partial charge in [-0.2, -0.15) is 0 Å². The van der Waals surface area contributed by atoms with Gasteiger partial charge in [-0.25, -0.2) is 0 Å². The van der Waals surface area contributed by atoms with Gasteiger partial charge in [0, 0.05) is 31.0 Å². The molecule has 0 radical (unpaired) electrons. The number of aliphatic imine (C=N–C) groups is 1. The van der Waals surface area contributed by atoms with Gasteiger partial charge in [-0.05, 0) is 30.2 Å². The van der Waals surface area contributed by atoms with E-state index in [-0.39, 0.29) is 0 Å². The summed E-state index contributed by atoms with van der Waals surface area (Å²) in [4.78, 5) is 6.89. The van der Waals surface area contributed by atoms with E-state index >= 15 is 0 Å². The van der Waals surface area contributed by atoms with E-state index in [0.29, 0.717) is 5.75 Å². The van der Waals surface area contributed by atoms with Crippen molar-refractivity contribution in [2.45, 2.75) is 13.0 Å². The molecule has 2 aliphatic rings. The van der Waals surface area contributed by atoms with Gasteiger partial charge >= 0.3 is 0 Å². The van der Waals surface area contributed by atoms with Gasteiger partial charge < -0.3 is 14.6 Å². The number of likely N-dealkylation sites (N-methyl/N-ethyl adjacent to an activating group) is 1. The van der Waals surface area contributed by atoms with Crippen LogP contribution in [0, 0.1) is 0 Å². The van der Waals surface area contributed by atoms with Gasteiger partial charge in [-0.1, -0.05) is 0 Å². The number of nitrogens with zero attached hydrogens (tertiary/aromatic N) is 3. The molecule has 0 unspecified atom stereocenters. The Morgan fingerprint density at radius 3 is 3.06 bits per heavy atom. The molecule has 92 valence electrons. The molecule has 1 N–H and O–H groups in total. The van der Waals surface area contributed by atoms with E-state index < -0.39 is 0 Å². The molecule has 0 spiro atoms. The highest BCUT2D eigenvalue weighted by Gasteiger charge is 2.29. The second-order valence-corrected chi connectivity index (χ2v) is 5.06. The zero-order chi connectivity index (χ0) is 12.3. The van der Waals surface area contributed by atoms with Crippen LogP contribution in [0.3, 0.4) is 0 Å². The minimum atomic E-state index is 0.346. The molecule has 0 aliphatic carbocycles. The summed E-state index contributed by atoms with van der Waals surface area (Å²) in [6.45, 7) is 2.78. The van der Waals surface area contributed by atoms with Crippen LogP contribution in [0.5, 0.6) is 5.75 Å². The van der Waals surface area contributed by atoms with Crippen molar-refractivity contribution in [3.63, 3.8) is 0 Å². The SMILES string of the molecule is CN1CCc2c3n(c4ccc(O)cc24)CCN=C31. The standard InChI is InChI=1S/C14H15N3O/c1-16-6-4-10-11-8-9(18)2-3-12(11)17-7-5-15-14(16)13(10)17/h2-3,8,18H,4-7H2,1H3. The average molecular weight is 241 g/mol. The predicted molar refractivity (Wildman–Crippen MR) is 71.3 cm³/mol. The van der Waals surface area contributed by atoms with E-state index in [0.717, 1.165) is 31.9 Å². The summed E-state index contributed by atoms with van der Waals surface area (Å²) < 4.78 is 2.35. The molecule has 1 aromatic heterocycles. The summed E-state index contributed by atoms with van der Waals surface area (Å²) in [7, 11) is 2.10. The quantitative estimate of drug-likeness (QED) is 0.761. The minimum Gasteiger partial charge on any atom is -0.508 e. The summed E-state index contributed by atoms with van der Waals surface area (Å²) in [6.07, 6.45) is 1.03. The monoisotopic (exact) mass is 241 g/mol. The minimum absolute atomic E-state index is 0.346. The molecular formula is C14H15N3O. The molecule has 2 aliphatic heterocycles. The number of aromatic nitrogens is 1. The molecule has 1 aromatic carbocycles. The van der Waals surface area contributed by atoms with E-state index in [4.69, 9.17) is 0 Å². The zero-order valence-corrected chi connectivity index (χ0v) is 10.3. The van der Waals surface area contributed by atoms with Crippen molar-refractivity contribution < 1.29 is 5.11 Å². The normalized spacial score (nSPS) is 17.8. The van der Waals surface area contributed by atoms with Gasteiger partial charge in [0.2, 0.25) is 0 Å². The first kappa shape index (κ1) is 10.00. The fourth-order valence-corrected chi connectivity index (χ4v) is 3.17. The second-order valence-electron chi connectivity index (χ2n) is 5.06. The lowest BCUT2D eigenvalue weighted by atomic mass is 10.0. The molecular weight excluding hydrogens is 226 g/mol. The van der Waals surface area contributed by atoms with Crippen LogP contribution in [0.15, 0.2) is 23.2 Å². The highest BCUT2D eigenvalue weighted by atomic mass is 16.3. The second kappa shape index (κ2) is 3.28. The average Bonchev–Trinajstić information content (AvgIpc) is 2.69. The van der Waals surface area contributed by atoms with Crippen LogP contribution >= 0.6 is 0 Å². The third kappa shape index (κ3) is 1.12. The highest BCUT2D eigenvalue weighted by molar-refractivity contribution is 6.06. The number of hydrogen-bond donors (Lipinski definition) is 1. The molecule has 4 heteroatoms. The molecule has 4 nitrogen and oxygen atoms in total. The first-order valence-electron chi connectivity index (χ1n) is 6.36. The van der Waals surface area contributed by atoms with Crippen LogP contribution in [-0.4, -0.2) is 40.5 Å². The number of phenolic OH excluding ortho intramolecular Hbond substituents is 1. The van der Waals surface area contributed by atoms with Gasteiger partial charge in [0.1, 0.15) is 11.6 Å². The fourth-order valence-electron chi connectivity index (χ4n) is 3.17. The van der Waals surface area contributed by atoms with Gasteiger partial charge in [0.25, 0.3) is 0 Å². The molecule has 0 saturated heterocycles. The van der Waals surface area contributed by atoms with Crippen LogP contribution in [0.4, 0.5) is 0 Å². The fraction of sp³-hybridized carbons (Fsp3) is 0.357. The summed E-state index contributed by atoms with van der Waals surface area (Å²) in [5.41, 5.74) is 3.83. The molecule has 4 rings (SSSR count). The van der Waals surface area contributed by atoms with E-state index in [1.807, 2.05) is 12.1 Å². The molecule has 2 aromatic rings. The Morgan fingerprint density at radius 2 is 2.17 bits per heavy atom. The first-order chi connectivity index (χ1) is 8.75. The van der Waals surface area contributed by atoms with Crippen LogP contribution in [0.25, 0.3) is 10.9 Å². The Labute approximate surface area is 105 Å². The van der Waals surface area contributed by atoms with Crippen molar-refractivity contribution in [2.24, 2.45) is 4.99 Å². The van der Waals surface area contributed by atoms with Crippen molar-refractivity contribution >= 4 is 16.7 Å². The molecule has 0 saturated carbocycles. The Hall–Kier alpha value is -1.97. The highest BCUT2D eigenvalue weighted by Crippen LogP contribution is 2.34. The molecule has 0 amide bonds. The van der Waals surface area contributed by atoms with Crippen molar-refractivity contribution in [2.75, 3.05) is 20.1 Å². The number of rotatable bonds is 0. The van der Waals surface area contributed by atoms with Gasteiger partial charge in [0.15, 0.2) is 0 Å². The summed E-state index contributed by atoms with van der Waals surface area (Å²) in [6, 6.07) is 5.68. The zero-order valence-electron chi connectivity index (χ0n) is 10.3. The molecule has 3 heterocycles.